The lowest BCUT2D eigenvalue weighted by molar-refractivity contribution is -0.266. The first kappa shape index (κ1) is 14.3. The molecule has 0 aromatic carbocycles. The fraction of sp³-hybridized carbons (Fsp3) is 0.600. The van der Waals surface area contributed by atoms with Crippen molar-refractivity contribution in [1.29, 1.82) is 0 Å². The van der Waals surface area contributed by atoms with Gasteiger partial charge in [-0.1, -0.05) is 0 Å². The Balaban J connectivity index is 2.14. The van der Waals surface area contributed by atoms with Crippen LogP contribution in [0.1, 0.15) is 12.8 Å². The third kappa shape index (κ3) is 2.74. The quantitative estimate of drug-likeness (QED) is 0.638. The Bertz CT molecular complexity index is 474. The minimum Gasteiger partial charge on any atom is -0.380 e. The van der Waals surface area contributed by atoms with Gasteiger partial charge in [-0.15, -0.1) is 0 Å². The van der Waals surface area contributed by atoms with Crippen LogP contribution in [0, 0.1) is 5.82 Å². The molecule has 1 saturated heterocycles. The maximum Gasteiger partial charge on any atom is 0.417 e. The van der Waals surface area contributed by atoms with Crippen LogP contribution in [-0.4, -0.2) is 39.9 Å². The van der Waals surface area contributed by atoms with Gasteiger partial charge in [-0.25, -0.2) is 9.37 Å². The zero-order valence-corrected chi connectivity index (χ0v) is 10.3. The van der Waals surface area contributed by atoms with Crippen molar-refractivity contribution in [3.8, 4) is 0 Å². The summed E-state index contributed by atoms with van der Waals surface area (Å²) in [5, 5.41) is 9.31. The summed E-state index contributed by atoms with van der Waals surface area (Å²) in [5.41, 5.74) is -2.73. The summed E-state index contributed by atoms with van der Waals surface area (Å²) < 4.78 is 51.3. The topological polar surface area (TPSA) is 49.2 Å². The average molecular weight is 300 g/mol. The molecule has 2 heterocycles. The van der Waals surface area contributed by atoms with E-state index in [1.165, 1.54) is 4.90 Å². The zero-order chi connectivity index (χ0) is 14.3. The highest BCUT2D eigenvalue weighted by atomic mass is 35.5. The lowest BCUT2D eigenvalue weighted by Gasteiger charge is -2.39. The summed E-state index contributed by atoms with van der Waals surface area (Å²) in [7, 11) is 0. The molecule has 19 heavy (non-hydrogen) atoms. The molecule has 1 fully saturated rings. The fourth-order valence-electron chi connectivity index (χ4n) is 1.93. The van der Waals surface area contributed by atoms with Gasteiger partial charge in [0.1, 0.15) is 0 Å². The number of rotatable bonds is 1. The molecular weight excluding hydrogens is 290 g/mol. The van der Waals surface area contributed by atoms with Crippen LogP contribution in [0.2, 0.25) is 5.28 Å². The van der Waals surface area contributed by atoms with Crippen molar-refractivity contribution in [1.82, 2.24) is 9.97 Å². The van der Waals surface area contributed by atoms with Crippen LogP contribution in [0.4, 0.5) is 23.4 Å². The predicted molar refractivity (Wildman–Crippen MR) is 59.5 cm³/mol. The molecule has 9 heteroatoms. The molecule has 0 aliphatic carbocycles. The van der Waals surface area contributed by atoms with E-state index >= 15 is 0 Å². The van der Waals surface area contributed by atoms with Gasteiger partial charge in [-0.3, -0.25) is 0 Å². The molecule has 0 bridgehead atoms. The first-order valence-electron chi connectivity index (χ1n) is 5.45. The largest absolute Gasteiger partial charge is 0.417 e. The molecule has 0 atom stereocenters. The van der Waals surface area contributed by atoms with Gasteiger partial charge < -0.3 is 10.0 Å². The van der Waals surface area contributed by atoms with E-state index in [4.69, 9.17) is 11.6 Å². The number of aromatic nitrogens is 2. The molecule has 1 aromatic rings. The first-order chi connectivity index (χ1) is 8.73. The van der Waals surface area contributed by atoms with Gasteiger partial charge in [0.2, 0.25) is 5.28 Å². The highest BCUT2D eigenvalue weighted by molar-refractivity contribution is 6.28. The van der Waals surface area contributed by atoms with Crippen LogP contribution in [0.5, 0.6) is 0 Å². The van der Waals surface area contributed by atoms with E-state index in [0.29, 0.717) is 0 Å². The monoisotopic (exact) mass is 299 g/mol. The maximum atomic E-state index is 13.5. The van der Waals surface area contributed by atoms with Gasteiger partial charge in [0.15, 0.2) is 17.2 Å². The molecule has 1 aromatic heterocycles. The van der Waals surface area contributed by atoms with Crippen molar-refractivity contribution in [2.24, 2.45) is 0 Å². The number of piperidine rings is 1. The smallest absolute Gasteiger partial charge is 0.380 e. The predicted octanol–water partition coefficient (Wildman–Crippen LogP) is 2.16. The SMILES string of the molecule is OC1(C(F)(F)F)CCN(c2nc(Cl)ncc2F)CC1. The van der Waals surface area contributed by atoms with Crippen LogP contribution in [0.15, 0.2) is 6.20 Å². The molecule has 1 N–H and O–H groups in total. The van der Waals surface area contributed by atoms with Gasteiger partial charge in [-0.05, 0) is 11.6 Å². The van der Waals surface area contributed by atoms with Crippen molar-refractivity contribution in [3.63, 3.8) is 0 Å². The van der Waals surface area contributed by atoms with Gasteiger partial charge in [0, 0.05) is 25.9 Å². The number of anilines is 1. The van der Waals surface area contributed by atoms with E-state index in [9.17, 15) is 22.7 Å². The molecule has 0 radical (unpaired) electrons. The third-order valence-electron chi connectivity index (χ3n) is 3.11. The van der Waals surface area contributed by atoms with Crippen molar-refractivity contribution >= 4 is 17.4 Å². The molecule has 4 nitrogen and oxygen atoms in total. The number of halogens is 5. The Morgan fingerprint density at radius 1 is 1.32 bits per heavy atom. The minimum atomic E-state index is -4.69. The summed E-state index contributed by atoms with van der Waals surface area (Å²) in [6.45, 7) is -0.333. The van der Waals surface area contributed by atoms with E-state index < -0.39 is 30.4 Å². The molecule has 1 aliphatic rings. The van der Waals surface area contributed by atoms with Crippen molar-refractivity contribution in [2.45, 2.75) is 24.6 Å². The molecule has 0 spiro atoms. The molecule has 1 aliphatic heterocycles. The number of hydrogen-bond donors (Lipinski definition) is 1. The average Bonchev–Trinajstić information content (AvgIpc) is 2.32. The first-order valence-corrected chi connectivity index (χ1v) is 5.83. The number of aliphatic hydroxyl groups is 1. The number of nitrogens with zero attached hydrogens (tertiary/aromatic N) is 3. The zero-order valence-electron chi connectivity index (χ0n) is 9.58. The van der Waals surface area contributed by atoms with Crippen LogP contribution in [-0.2, 0) is 0 Å². The van der Waals surface area contributed by atoms with Crippen LogP contribution < -0.4 is 4.90 Å². The lowest BCUT2D eigenvalue weighted by Crippen LogP contribution is -2.53. The lowest BCUT2D eigenvalue weighted by atomic mass is 9.91. The molecule has 0 unspecified atom stereocenters. The Hall–Kier alpha value is -1.15. The minimum absolute atomic E-state index is 0.149. The molecule has 0 amide bonds. The highest BCUT2D eigenvalue weighted by Gasteiger charge is 2.54. The molecule has 106 valence electrons. The Morgan fingerprint density at radius 2 is 1.89 bits per heavy atom. The van der Waals surface area contributed by atoms with Gasteiger partial charge in [0.25, 0.3) is 0 Å². The second kappa shape index (κ2) is 4.75. The standard InChI is InChI=1S/C10H10ClF4N3O/c11-8-16-5-6(12)7(17-8)18-3-1-9(19,2-4-18)10(13,14)15/h5,19H,1-4H2. The number of alkyl halides is 3. The third-order valence-corrected chi connectivity index (χ3v) is 3.30. The van der Waals surface area contributed by atoms with E-state index in [1.54, 1.807) is 0 Å². The van der Waals surface area contributed by atoms with E-state index in [0.717, 1.165) is 6.20 Å². The van der Waals surface area contributed by atoms with Gasteiger partial charge in [0.05, 0.1) is 6.20 Å². The number of hydrogen-bond acceptors (Lipinski definition) is 4. The second-order valence-electron chi connectivity index (χ2n) is 4.33. The highest BCUT2D eigenvalue weighted by Crippen LogP contribution is 2.39. The van der Waals surface area contributed by atoms with Gasteiger partial charge >= 0.3 is 6.18 Å². The van der Waals surface area contributed by atoms with Crippen LogP contribution >= 0.6 is 11.6 Å². The van der Waals surface area contributed by atoms with E-state index in [1.807, 2.05) is 0 Å². The van der Waals surface area contributed by atoms with Gasteiger partial charge in [-0.2, -0.15) is 18.2 Å². The van der Waals surface area contributed by atoms with E-state index in [-0.39, 0.29) is 24.2 Å². The Labute approximate surface area is 111 Å². The maximum absolute atomic E-state index is 13.5. The summed E-state index contributed by atoms with van der Waals surface area (Å²) in [6.07, 6.45) is -4.93. The van der Waals surface area contributed by atoms with E-state index in [2.05, 4.69) is 9.97 Å². The fourth-order valence-corrected chi connectivity index (χ4v) is 2.06. The molecular formula is C10H10ClF4N3O. The summed E-state index contributed by atoms with van der Waals surface area (Å²) >= 11 is 5.52. The van der Waals surface area contributed by atoms with Crippen molar-refractivity contribution in [3.05, 3.63) is 17.3 Å². The Kier molecular flexibility index (Phi) is 3.57. The summed E-state index contributed by atoms with van der Waals surface area (Å²) in [4.78, 5) is 8.38. The summed E-state index contributed by atoms with van der Waals surface area (Å²) in [5.74, 6) is -0.911. The summed E-state index contributed by atoms with van der Waals surface area (Å²) in [6, 6.07) is 0. The molecule has 0 saturated carbocycles. The second-order valence-corrected chi connectivity index (χ2v) is 4.67. The van der Waals surface area contributed by atoms with Crippen molar-refractivity contribution in [2.75, 3.05) is 18.0 Å². The van der Waals surface area contributed by atoms with Crippen LogP contribution in [0.25, 0.3) is 0 Å². The van der Waals surface area contributed by atoms with Crippen LogP contribution in [0.3, 0.4) is 0 Å². The Morgan fingerprint density at radius 3 is 2.42 bits per heavy atom. The van der Waals surface area contributed by atoms with Crippen molar-refractivity contribution < 1.29 is 22.7 Å². The normalized spacial score (nSPS) is 19.6. The molecule has 2 rings (SSSR count).